The predicted octanol–water partition coefficient (Wildman–Crippen LogP) is -0.353. The van der Waals surface area contributed by atoms with Crippen LogP contribution in [0.3, 0.4) is 0 Å². The fraction of sp³-hybridized carbons (Fsp3) is 0. The maximum absolute atomic E-state index is 12.6. The molecular formula is C6H3BBrF4K. The van der Waals surface area contributed by atoms with Crippen LogP contribution in [0.15, 0.2) is 22.7 Å². The minimum Gasteiger partial charge on any atom is -0.445 e. The largest absolute Gasteiger partial charge is 1.00 e. The summed E-state index contributed by atoms with van der Waals surface area (Å²) in [6.45, 7) is -5.14. The van der Waals surface area contributed by atoms with Crippen LogP contribution in [0.5, 0.6) is 0 Å². The maximum Gasteiger partial charge on any atom is 1.00 e. The summed E-state index contributed by atoms with van der Waals surface area (Å²) in [5, 5.41) is 0. The van der Waals surface area contributed by atoms with E-state index in [0.717, 1.165) is 18.2 Å². The quantitative estimate of drug-likeness (QED) is 0.487. The third kappa shape index (κ3) is 3.64. The minimum atomic E-state index is -5.14. The van der Waals surface area contributed by atoms with Gasteiger partial charge in [0.2, 0.25) is 0 Å². The van der Waals surface area contributed by atoms with E-state index in [1.807, 2.05) is 0 Å². The Balaban J connectivity index is 0.00000144. The molecule has 0 atom stereocenters. The first-order valence-electron chi connectivity index (χ1n) is 3.07. The molecule has 0 saturated heterocycles. The van der Waals surface area contributed by atoms with E-state index >= 15 is 0 Å². The molecule has 0 amide bonds. The average molecular weight is 281 g/mol. The van der Waals surface area contributed by atoms with Crippen molar-refractivity contribution in [3.63, 3.8) is 0 Å². The molecule has 0 nitrogen and oxygen atoms in total. The molecule has 0 unspecified atom stereocenters. The van der Waals surface area contributed by atoms with E-state index in [2.05, 4.69) is 15.9 Å². The van der Waals surface area contributed by atoms with Gasteiger partial charge in [0, 0.05) is 4.47 Å². The summed E-state index contributed by atoms with van der Waals surface area (Å²) in [6.07, 6.45) is 0. The zero-order chi connectivity index (χ0) is 9.35. The standard InChI is InChI=1S/C6H3BBrF4.K/c8-6-4(7(10,11)12)2-1-3-5(6)9;/h1-3H;/q-1;+1. The number of hydrogen-bond acceptors (Lipinski definition) is 0. The van der Waals surface area contributed by atoms with Crippen LogP contribution in [0.4, 0.5) is 17.3 Å². The molecule has 66 valence electrons. The predicted molar refractivity (Wildman–Crippen MR) is 42.8 cm³/mol. The second kappa shape index (κ2) is 5.27. The smallest absolute Gasteiger partial charge is 0.445 e. The summed E-state index contributed by atoms with van der Waals surface area (Å²) in [4.78, 5) is 0. The maximum atomic E-state index is 12.6. The molecule has 0 heterocycles. The zero-order valence-electron chi connectivity index (χ0n) is 6.70. The average Bonchev–Trinajstić information content (AvgIpc) is 1.92. The molecule has 0 aliphatic rings. The topological polar surface area (TPSA) is 0 Å². The Morgan fingerprint density at radius 2 is 1.69 bits per heavy atom. The Morgan fingerprint density at radius 3 is 2.08 bits per heavy atom. The molecule has 0 N–H and O–H groups in total. The van der Waals surface area contributed by atoms with Gasteiger partial charge in [-0.05, 0) is 6.07 Å². The van der Waals surface area contributed by atoms with Gasteiger partial charge in [0.05, 0.1) is 0 Å². The van der Waals surface area contributed by atoms with Crippen LogP contribution in [0.25, 0.3) is 0 Å². The van der Waals surface area contributed by atoms with Crippen LogP contribution < -0.4 is 56.8 Å². The molecule has 0 radical (unpaired) electrons. The van der Waals surface area contributed by atoms with Crippen molar-refractivity contribution in [3.05, 3.63) is 28.5 Å². The van der Waals surface area contributed by atoms with Gasteiger partial charge in [-0.3, -0.25) is 0 Å². The molecule has 0 bridgehead atoms. The Kier molecular flexibility index (Phi) is 5.73. The first-order valence-corrected chi connectivity index (χ1v) is 3.86. The number of benzene rings is 1. The van der Waals surface area contributed by atoms with Crippen LogP contribution in [0.1, 0.15) is 0 Å². The van der Waals surface area contributed by atoms with Crippen molar-refractivity contribution in [2.75, 3.05) is 0 Å². The Bertz CT molecular complexity index is 301. The van der Waals surface area contributed by atoms with Crippen molar-refractivity contribution in [1.82, 2.24) is 0 Å². The van der Waals surface area contributed by atoms with Gasteiger partial charge < -0.3 is 12.9 Å². The molecule has 0 aliphatic carbocycles. The van der Waals surface area contributed by atoms with Crippen molar-refractivity contribution in [2.24, 2.45) is 0 Å². The van der Waals surface area contributed by atoms with E-state index in [4.69, 9.17) is 0 Å². The SMILES string of the molecule is Fc1cccc([B-](F)(F)F)c1Br.[K+]. The molecule has 0 saturated carbocycles. The normalized spacial score (nSPS) is 10.8. The molecule has 0 spiro atoms. The molecule has 1 aromatic rings. The van der Waals surface area contributed by atoms with Gasteiger partial charge in [0.25, 0.3) is 0 Å². The van der Waals surface area contributed by atoms with Crippen LogP contribution in [-0.4, -0.2) is 6.98 Å². The number of hydrogen-bond donors (Lipinski definition) is 0. The zero-order valence-corrected chi connectivity index (χ0v) is 11.4. The van der Waals surface area contributed by atoms with Gasteiger partial charge in [-0.25, -0.2) is 4.39 Å². The van der Waals surface area contributed by atoms with Gasteiger partial charge in [0.15, 0.2) is 0 Å². The molecule has 1 rings (SSSR count). The molecule has 0 aliphatic heterocycles. The first kappa shape index (κ1) is 14.1. The monoisotopic (exact) mass is 280 g/mol. The fourth-order valence-electron chi connectivity index (χ4n) is 0.773. The molecule has 0 fully saturated rings. The van der Waals surface area contributed by atoms with Crippen molar-refractivity contribution in [3.8, 4) is 0 Å². The summed E-state index contributed by atoms with van der Waals surface area (Å²) < 4.78 is 48.3. The van der Waals surface area contributed by atoms with Gasteiger partial charge in [-0.1, -0.05) is 33.5 Å². The molecular weight excluding hydrogens is 278 g/mol. The van der Waals surface area contributed by atoms with Crippen LogP contribution in [0.2, 0.25) is 0 Å². The molecule has 1 aromatic carbocycles. The van der Waals surface area contributed by atoms with E-state index in [1.165, 1.54) is 0 Å². The van der Waals surface area contributed by atoms with Gasteiger partial charge in [0.1, 0.15) is 5.82 Å². The van der Waals surface area contributed by atoms with Crippen molar-refractivity contribution >= 4 is 28.4 Å². The first-order chi connectivity index (χ1) is 5.43. The van der Waals surface area contributed by atoms with Crippen molar-refractivity contribution < 1.29 is 68.7 Å². The number of halogens is 5. The molecule has 7 heteroatoms. The van der Waals surface area contributed by atoms with Gasteiger partial charge >= 0.3 is 58.4 Å². The minimum absolute atomic E-state index is 0. The van der Waals surface area contributed by atoms with Crippen LogP contribution >= 0.6 is 15.9 Å². The Morgan fingerprint density at radius 1 is 1.15 bits per heavy atom. The Labute approximate surface area is 124 Å². The van der Waals surface area contributed by atoms with Crippen molar-refractivity contribution in [2.45, 2.75) is 0 Å². The Hall–Kier alpha value is 1.12. The summed E-state index contributed by atoms with van der Waals surface area (Å²) in [7, 11) is 0. The fourth-order valence-corrected chi connectivity index (χ4v) is 1.30. The summed E-state index contributed by atoms with van der Waals surface area (Å²) >= 11 is 2.54. The van der Waals surface area contributed by atoms with Gasteiger partial charge in [-0.15, -0.1) is 0 Å². The summed E-state index contributed by atoms with van der Waals surface area (Å²) in [6, 6.07) is 2.84. The second-order valence-corrected chi connectivity index (χ2v) is 3.01. The third-order valence-electron chi connectivity index (χ3n) is 1.33. The van der Waals surface area contributed by atoms with Gasteiger partial charge in [-0.2, -0.15) is 0 Å². The third-order valence-corrected chi connectivity index (χ3v) is 2.17. The van der Waals surface area contributed by atoms with Crippen molar-refractivity contribution in [1.29, 1.82) is 0 Å². The summed E-state index contributed by atoms with van der Waals surface area (Å²) in [5.41, 5.74) is -0.935. The summed E-state index contributed by atoms with van der Waals surface area (Å²) in [5.74, 6) is -0.897. The molecule has 0 aromatic heterocycles. The number of rotatable bonds is 1. The van der Waals surface area contributed by atoms with E-state index < -0.39 is 22.7 Å². The van der Waals surface area contributed by atoms with Crippen LogP contribution in [0, 0.1) is 5.82 Å². The second-order valence-electron chi connectivity index (χ2n) is 2.22. The van der Waals surface area contributed by atoms with E-state index in [9.17, 15) is 17.3 Å². The van der Waals surface area contributed by atoms with Crippen LogP contribution in [-0.2, 0) is 0 Å². The van der Waals surface area contributed by atoms with E-state index in [1.54, 1.807) is 0 Å². The van der Waals surface area contributed by atoms with E-state index in [-0.39, 0.29) is 51.4 Å². The molecule has 13 heavy (non-hydrogen) atoms. The van der Waals surface area contributed by atoms with E-state index in [0.29, 0.717) is 0 Å².